The molecule has 3 N–H and O–H groups in total. The van der Waals surface area contributed by atoms with Crippen LogP contribution in [0.15, 0.2) is 46.2 Å². The number of nitrogens with two attached hydrogens (primary N) is 1. The molecule has 0 unspecified atom stereocenters. The van der Waals surface area contributed by atoms with Gasteiger partial charge < -0.3 is 10.7 Å². The van der Waals surface area contributed by atoms with Crippen LogP contribution in [-0.4, -0.2) is 15.5 Å². The fourth-order valence-electron chi connectivity index (χ4n) is 1.47. The average Bonchev–Trinajstić information content (AvgIpc) is 2.29. The summed E-state index contributed by atoms with van der Waals surface area (Å²) >= 11 is 0. The van der Waals surface area contributed by atoms with Gasteiger partial charge in [0.05, 0.1) is 5.69 Å². The van der Waals surface area contributed by atoms with Crippen LogP contribution in [0.25, 0.3) is 5.69 Å². The molecule has 0 saturated heterocycles. The van der Waals surface area contributed by atoms with E-state index < -0.39 is 11.5 Å². The number of nitrogens with one attached hydrogen (secondary N) is 1. The van der Waals surface area contributed by atoms with Crippen LogP contribution in [0.2, 0.25) is 0 Å². The summed E-state index contributed by atoms with van der Waals surface area (Å²) in [6, 6.07) is 5.66. The fourth-order valence-corrected chi connectivity index (χ4v) is 1.47. The molecular weight excluding hydrogens is 222 g/mol. The number of carbonyl (C=O) groups excluding carboxylic acids is 1. The number of H-pyrrole nitrogens is 1. The third-order valence-electron chi connectivity index (χ3n) is 2.25. The Labute approximate surface area is 95.3 Å². The van der Waals surface area contributed by atoms with Crippen molar-refractivity contribution in [2.75, 3.05) is 0 Å². The molecule has 0 aliphatic rings. The molecule has 6 nitrogen and oxygen atoms in total. The van der Waals surface area contributed by atoms with Crippen molar-refractivity contribution in [2.24, 2.45) is 5.73 Å². The van der Waals surface area contributed by atoms with Crippen LogP contribution in [0.3, 0.4) is 0 Å². The second kappa shape index (κ2) is 4.09. The summed E-state index contributed by atoms with van der Waals surface area (Å²) in [5.74, 6) is -0.797. The first-order valence-electron chi connectivity index (χ1n) is 4.80. The van der Waals surface area contributed by atoms with E-state index in [1.54, 1.807) is 6.07 Å². The second-order valence-corrected chi connectivity index (χ2v) is 3.37. The van der Waals surface area contributed by atoms with Gasteiger partial charge in [-0.05, 0) is 18.2 Å². The van der Waals surface area contributed by atoms with Crippen LogP contribution >= 0.6 is 0 Å². The molecule has 17 heavy (non-hydrogen) atoms. The standard InChI is InChI=1S/C11H9N3O3/c12-10(16)8-2-1-5-14(11(8)17)7-3-4-13-9(15)6-7/h1-6H,(H2,12,16)(H,13,15). The maximum atomic E-state index is 11.9. The largest absolute Gasteiger partial charge is 0.365 e. The van der Waals surface area contributed by atoms with Gasteiger partial charge >= 0.3 is 0 Å². The van der Waals surface area contributed by atoms with Gasteiger partial charge in [-0.25, -0.2) is 0 Å². The lowest BCUT2D eigenvalue weighted by Gasteiger charge is -2.05. The minimum Gasteiger partial charge on any atom is -0.365 e. The van der Waals surface area contributed by atoms with Crippen LogP contribution in [0.1, 0.15) is 10.4 Å². The fraction of sp³-hybridized carbons (Fsp3) is 0. The van der Waals surface area contributed by atoms with Crippen molar-refractivity contribution >= 4 is 5.91 Å². The van der Waals surface area contributed by atoms with Gasteiger partial charge in [-0.15, -0.1) is 0 Å². The SMILES string of the molecule is NC(=O)c1cccn(-c2cc[nH]c(=O)c2)c1=O. The zero-order chi connectivity index (χ0) is 12.4. The maximum Gasteiger partial charge on any atom is 0.267 e. The van der Waals surface area contributed by atoms with E-state index in [-0.39, 0.29) is 11.1 Å². The summed E-state index contributed by atoms with van der Waals surface area (Å²) in [6.07, 6.45) is 2.88. The van der Waals surface area contributed by atoms with E-state index in [1.807, 2.05) is 0 Å². The number of nitrogens with zero attached hydrogens (tertiary/aromatic N) is 1. The van der Waals surface area contributed by atoms with Crippen molar-refractivity contribution in [1.82, 2.24) is 9.55 Å². The van der Waals surface area contributed by atoms with E-state index in [9.17, 15) is 14.4 Å². The van der Waals surface area contributed by atoms with Crippen LogP contribution in [0.5, 0.6) is 0 Å². The van der Waals surface area contributed by atoms with Crippen LogP contribution in [0, 0.1) is 0 Å². The lowest BCUT2D eigenvalue weighted by atomic mass is 10.2. The minimum absolute atomic E-state index is 0.118. The zero-order valence-corrected chi connectivity index (χ0v) is 8.71. The highest BCUT2D eigenvalue weighted by molar-refractivity contribution is 5.92. The molecule has 0 bridgehead atoms. The first-order chi connectivity index (χ1) is 8.09. The number of aromatic amines is 1. The van der Waals surface area contributed by atoms with E-state index in [1.165, 1.54) is 35.2 Å². The van der Waals surface area contributed by atoms with E-state index >= 15 is 0 Å². The molecular formula is C11H9N3O3. The summed E-state index contributed by atoms with van der Waals surface area (Å²) < 4.78 is 1.19. The van der Waals surface area contributed by atoms with Crippen molar-refractivity contribution in [2.45, 2.75) is 0 Å². The number of carbonyl (C=O) groups is 1. The Kier molecular flexibility index (Phi) is 2.61. The summed E-state index contributed by atoms with van der Waals surface area (Å²) in [5.41, 5.74) is 4.45. The number of hydrogen-bond acceptors (Lipinski definition) is 3. The highest BCUT2D eigenvalue weighted by Gasteiger charge is 2.09. The summed E-state index contributed by atoms with van der Waals surface area (Å²) in [5, 5.41) is 0. The first-order valence-corrected chi connectivity index (χ1v) is 4.80. The molecule has 0 fully saturated rings. The monoisotopic (exact) mass is 231 g/mol. The molecule has 2 aromatic heterocycles. The van der Waals surface area contributed by atoms with Gasteiger partial charge in [-0.1, -0.05) is 0 Å². The molecule has 0 spiro atoms. The van der Waals surface area contributed by atoms with Gasteiger partial charge in [0.1, 0.15) is 5.56 Å². The zero-order valence-electron chi connectivity index (χ0n) is 8.71. The normalized spacial score (nSPS) is 10.1. The van der Waals surface area contributed by atoms with E-state index in [2.05, 4.69) is 4.98 Å². The van der Waals surface area contributed by atoms with Gasteiger partial charge in [-0.2, -0.15) is 0 Å². The Morgan fingerprint density at radius 1 is 1.29 bits per heavy atom. The predicted molar refractivity (Wildman–Crippen MR) is 61.2 cm³/mol. The number of rotatable bonds is 2. The van der Waals surface area contributed by atoms with Crippen LogP contribution < -0.4 is 16.9 Å². The Balaban J connectivity index is 2.69. The van der Waals surface area contributed by atoms with Crippen molar-refractivity contribution < 1.29 is 4.79 Å². The molecule has 0 saturated carbocycles. The smallest absolute Gasteiger partial charge is 0.267 e. The molecule has 0 atom stereocenters. The molecule has 2 heterocycles. The molecule has 0 aliphatic carbocycles. The number of aromatic nitrogens is 2. The lowest BCUT2D eigenvalue weighted by Crippen LogP contribution is -2.28. The summed E-state index contributed by atoms with van der Waals surface area (Å²) in [4.78, 5) is 36.5. The lowest BCUT2D eigenvalue weighted by molar-refractivity contribution is 0.0998. The molecule has 2 rings (SSSR count). The Morgan fingerprint density at radius 2 is 2.06 bits per heavy atom. The number of amides is 1. The van der Waals surface area contributed by atoms with Gasteiger partial charge in [0.25, 0.3) is 11.5 Å². The van der Waals surface area contributed by atoms with Crippen LogP contribution in [-0.2, 0) is 0 Å². The van der Waals surface area contributed by atoms with Gasteiger partial charge in [0.15, 0.2) is 0 Å². The maximum absolute atomic E-state index is 11.9. The van der Waals surface area contributed by atoms with Crippen molar-refractivity contribution in [1.29, 1.82) is 0 Å². The molecule has 0 aliphatic heterocycles. The predicted octanol–water partition coefficient (Wildman–Crippen LogP) is -0.375. The number of primary amides is 1. The van der Waals surface area contributed by atoms with E-state index in [0.717, 1.165) is 0 Å². The van der Waals surface area contributed by atoms with E-state index in [0.29, 0.717) is 5.69 Å². The summed E-state index contributed by atoms with van der Waals surface area (Å²) in [7, 11) is 0. The highest BCUT2D eigenvalue weighted by atomic mass is 16.2. The quantitative estimate of drug-likeness (QED) is 0.737. The third-order valence-corrected chi connectivity index (χ3v) is 2.25. The molecule has 86 valence electrons. The van der Waals surface area contributed by atoms with Crippen molar-refractivity contribution in [3.63, 3.8) is 0 Å². The third kappa shape index (κ3) is 2.00. The van der Waals surface area contributed by atoms with Crippen LogP contribution in [0.4, 0.5) is 0 Å². The minimum atomic E-state index is -0.797. The Bertz CT molecular complexity index is 685. The molecule has 2 aromatic rings. The van der Waals surface area contributed by atoms with Gasteiger partial charge in [0, 0.05) is 18.5 Å². The number of hydrogen-bond donors (Lipinski definition) is 2. The molecule has 0 radical (unpaired) electrons. The average molecular weight is 231 g/mol. The molecule has 0 aromatic carbocycles. The summed E-state index contributed by atoms with van der Waals surface area (Å²) in [6.45, 7) is 0. The Morgan fingerprint density at radius 3 is 2.71 bits per heavy atom. The van der Waals surface area contributed by atoms with Gasteiger partial charge in [-0.3, -0.25) is 19.0 Å². The molecule has 1 amide bonds. The van der Waals surface area contributed by atoms with Crippen molar-refractivity contribution in [3.05, 3.63) is 62.9 Å². The highest BCUT2D eigenvalue weighted by Crippen LogP contribution is 2.00. The first kappa shape index (κ1) is 10.9. The Hall–Kier alpha value is -2.63. The number of pyridine rings is 2. The topological polar surface area (TPSA) is 97.9 Å². The molecule has 6 heteroatoms. The van der Waals surface area contributed by atoms with Crippen molar-refractivity contribution in [3.8, 4) is 5.69 Å². The van der Waals surface area contributed by atoms with E-state index in [4.69, 9.17) is 5.73 Å². The second-order valence-electron chi connectivity index (χ2n) is 3.37. The van der Waals surface area contributed by atoms with Gasteiger partial charge in [0.2, 0.25) is 5.56 Å².